The third kappa shape index (κ3) is 4.52. The molecule has 2 aromatic carbocycles. The van der Waals surface area contributed by atoms with Crippen LogP contribution in [-0.4, -0.2) is 9.91 Å². The normalized spacial score (nSPS) is 11.6. The molecule has 0 aliphatic heterocycles. The summed E-state index contributed by atoms with van der Waals surface area (Å²) in [4.78, 5) is 10.9. The van der Waals surface area contributed by atoms with Crippen molar-refractivity contribution in [3.05, 3.63) is 99.4 Å². The Hall–Kier alpha value is -3.58. The molecule has 0 saturated carbocycles. The molecule has 1 N–H and O–H groups in total. The van der Waals surface area contributed by atoms with Gasteiger partial charge in [-0.3, -0.25) is 10.1 Å². The molecule has 30 heavy (non-hydrogen) atoms. The van der Waals surface area contributed by atoms with Crippen molar-refractivity contribution in [2.75, 3.05) is 5.32 Å². The Labute approximate surface area is 180 Å². The van der Waals surface area contributed by atoms with Gasteiger partial charge in [0, 0.05) is 29.4 Å². The Morgan fingerprint density at radius 3 is 2.33 bits per heavy atom. The van der Waals surface area contributed by atoms with Gasteiger partial charge in [0.25, 0.3) is 5.69 Å². The third-order valence-corrected chi connectivity index (χ3v) is 4.97. The van der Waals surface area contributed by atoms with Crippen molar-refractivity contribution in [3.8, 4) is 0 Å². The topological polar surface area (TPSA) is 82.1 Å². The lowest BCUT2D eigenvalue weighted by molar-refractivity contribution is -0.578. The van der Waals surface area contributed by atoms with Gasteiger partial charge in [0.05, 0.1) is 4.92 Å². The average molecular weight is 420 g/mol. The number of non-ortho nitro benzene ring substituents is 1. The Morgan fingerprint density at radius 1 is 1.03 bits per heavy atom. The molecule has 7 heteroatoms. The summed E-state index contributed by atoms with van der Waals surface area (Å²) in [5.74, 6) is -0.405. The number of nitrogens with one attached hydrogen (secondary N) is 1. The predicted octanol–water partition coefficient (Wildman–Crippen LogP) is 3.93. The molecule has 6 nitrogen and oxygen atoms in total. The highest BCUT2D eigenvalue weighted by Gasteiger charge is 2.21. The van der Waals surface area contributed by atoms with Crippen molar-refractivity contribution in [1.29, 1.82) is 0 Å². The van der Waals surface area contributed by atoms with Crippen molar-refractivity contribution in [2.24, 2.45) is 0 Å². The molecule has 1 aromatic heterocycles. The van der Waals surface area contributed by atoms with Gasteiger partial charge in [-0.05, 0) is 49.3 Å². The highest BCUT2D eigenvalue weighted by molar-refractivity contribution is 7.81. The summed E-state index contributed by atoms with van der Waals surface area (Å²) in [5.41, 5.74) is 4.03. The predicted molar refractivity (Wildman–Crippen MR) is 120 cm³/mol. The van der Waals surface area contributed by atoms with Crippen LogP contribution in [0.2, 0.25) is 0 Å². The number of nitro groups is 1. The van der Waals surface area contributed by atoms with Crippen LogP contribution in [0, 0.1) is 30.9 Å². The fraction of sp³-hybridized carbons (Fsp3) is 0.130. The molecular formula is C23H21N3O3S. The van der Waals surface area contributed by atoms with E-state index in [-0.39, 0.29) is 21.9 Å². The Kier molecular flexibility index (Phi) is 6.23. The van der Waals surface area contributed by atoms with E-state index in [0.717, 1.165) is 22.4 Å². The maximum absolute atomic E-state index is 13.4. The van der Waals surface area contributed by atoms with Crippen LogP contribution in [0.5, 0.6) is 0 Å². The van der Waals surface area contributed by atoms with Gasteiger partial charge in [-0.2, -0.15) is 4.57 Å². The van der Waals surface area contributed by atoms with Crippen molar-refractivity contribution >= 4 is 40.0 Å². The van der Waals surface area contributed by atoms with Crippen LogP contribution in [0.15, 0.2) is 67.0 Å². The van der Waals surface area contributed by atoms with Crippen LogP contribution in [0.4, 0.5) is 11.4 Å². The Balaban J connectivity index is 2.16. The van der Waals surface area contributed by atoms with E-state index in [1.165, 1.54) is 18.2 Å². The number of rotatable bonds is 5. The summed E-state index contributed by atoms with van der Waals surface area (Å²) in [6.45, 7) is 5.83. The number of anilines is 1. The van der Waals surface area contributed by atoms with Crippen molar-refractivity contribution in [3.63, 3.8) is 0 Å². The fourth-order valence-electron chi connectivity index (χ4n) is 3.15. The lowest BCUT2D eigenvalue weighted by atomic mass is 10.1. The molecule has 0 amide bonds. The van der Waals surface area contributed by atoms with Crippen LogP contribution in [0.3, 0.4) is 0 Å². The molecule has 0 spiro atoms. The fourth-order valence-corrected chi connectivity index (χ4v) is 3.45. The van der Waals surface area contributed by atoms with Crippen LogP contribution >= 0.6 is 12.2 Å². The van der Waals surface area contributed by atoms with E-state index in [0.29, 0.717) is 0 Å². The van der Waals surface area contributed by atoms with Crippen LogP contribution < -0.4 is 15.0 Å². The molecule has 0 unspecified atom stereocenters. The van der Waals surface area contributed by atoms with Gasteiger partial charge in [-0.15, -0.1) is 0 Å². The first-order valence-electron chi connectivity index (χ1n) is 9.30. The number of para-hydroxylation sites is 1. The van der Waals surface area contributed by atoms with E-state index in [4.69, 9.17) is 12.2 Å². The maximum Gasteiger partial charge on any atom is 0.270 e. The van der Waals surface area contributed by atoms with E-state index in [1.54, 1.807) is 23.0 Å². The second-order valence-corrected chi connectivity index (χ2v) is 7.40. The zero-order valence-corrected chi connectivity index (χ0v) is 17.7. The summed E-state index contributed by atoms with van der Waals surface area (Å²) in [6, 6.07) is 15.3. The summed E-state index contributed by atoms with van der Waals surface area (Å²) >= 11 is 5.64. The summed E-state index contributed by atoms with van der Waals surface area (Å²) in [5, 5.41) is 27.8. The number of hydrogen-bond acceptors (Lipinski definition) is 4. The molecule has 0 radical (unpaired) electrons. The third-order valence-electron chi connectivity index (χ3n) is 4.68. The molecule has 0 saturated heterocycles. The number of nitro benzene ring substituents is 1. The van der Waals surface area contributed by atoms with E-state index < -0.39 is 10.7 Å². The van der Waals surface area contributed by atoms with Crippen molar-refractivity contribution in [1.82, 2.24) is 0 Å². The molecule has 152 valence electrons. The smallest absolute Gasteiger partial charge is 0.270 e. The van der Waals surface area contributed by atoms with Crippen LogP contribution in [0.25, 0.3) is 11.5 Å². The zero-order valence-electron chi connectivity index (χ0n) is 16.9. The molecule has 0 bridgehead atoms. The number of thiocarbonyl (C=S) groups is 1. The molecule has 0 fully saturated rings. The van der Waals surface area contributed by atoms with Crippen molar-refractivity contribution < 1.29 is 14.6 Å². The highest BCUT2D eigenvalue weighted by atomic mass is 32.1. The lowest BCUT2D eigenvalue weighted by Gasteiger charge is -2.18. The van der Waals surface area contributed by atoms with Gasteiger partial charge >= 0.3 is 0 Å². The summed E-state index contributed by atoms with van der Waals surface area (Å²) in [6.07, 6.45) is 3.53. The van der Waals surface area contributed by atoms with E-state index in [1.807, 2.05) is 51.1 Å². The Bertz CT molecular complexity index is 1150. The van der Waals surface area contributed by atoms with Crippen LogP contribution in [0.1, 0.15) is 22.3 Å². The maximum atomic E-state index is 13.4. The largest absolute Gasteiger partial charge is 0.867 e. The van der Waals surface area contributed by atoms with Gasteiger partial charge in [0.2, 0.25) is 5.70 Å². The number of hydrogen-bond donors (Lipinski definition) is 1. The quantitative estimate of drug-likeness (QED) is 0.169. The summed E-state index contributed by atoms with van der Waals surface area (Å²) < 4.78 is 1.65. The van der Waals surface area contributed by atoms with E-state index in [9.17, 15) is 15.2 Å². The molecular weight excluding hydrogens is 398 g/mol. The first-order valence-corrected chi connectivity index (χ1v) is 9.70. The number of aromatic nitrogens is 1. The van der Waals surface area contributed by atoms with Crippen LogP contribution in [-0.2, 0) is 0 Å². The second-order valence-electron chi connectivity index (χ2n) is 6.99. The summed E-state index contributed by atoms with van der Waals surface area (Å²) in [7, 11) is 0. The lowest BCUT2D eigenvalue weighted by Crippen LogP contribution is -2.40. The average Bonchev–Trinajstić information content (AvgIpc) is 2.71. The number of benzene rings is 2. The van der Waals surface area contributed by atoms with Gasteiger partial charge in [-0.25, -0.2) is 0 Å². The first-order chi connectivity index (χ1) is 14.3. The van der Waals surface area contributed by atoms with Crippen molar-refractivity contribution in [2.45, 2.75) is 20.8 Å². The standard InChI is InChI=1S/C23H21N3O3S/c1-15-7-6-12-25(14-15)21(22(27)18-10-5-11-19(13-18)26(28)29)23(30)24-20-16(2)8-4-9-17(20)3/h4-14H,1-3H3,(H-,24,27,30). The molecule has 0 aliphatic rings. The molecule has 0 atom stereocenters. The molecule has 0 aliphatic carbocycles. The minimum absolute atomic E-state index is 0.150. The van der Waals surface area contributed by atoms with Gasteiger partial charge in [-0.1, -0.05) is 42.5 Å². The first kappa shape index (κ1) is 21.1. The SMILES string of the molecule is Cc1ccc[n+](C(C(=S)Nc2c(C)cccc2C)=C([O-])c2cccc([N+](=O)[O-])c2)c1. The van der Waals surface area contributed by atoms with Gasteiger partial charge in [0.15, 0.2) is 17.4 Å². The second kappa shape index (κ2) is 8.84. The highest BCUT2D eigenvalue weighted by Crippen LogP contribution is 2.24. The monoisotopic (exact) mass is 419 g/mol. The van der Waals surface area contributed by atoms with Gasteiger partial charge < -0.3 is 10.4 Å². The number of aryl methyl sites for hydroxylation is 3. The van der Waals surface area contributed by atoms with Gasteiger partial charge in [0.1, 0.15) is 0 Å². The molecule has 1 heterocycles. The van der Waals surface area contributed by atoms with E-state index >= 15 is 0 Å². The number of pyridine rings is 1. The zero-order chi connectivity index (χ0) is 21.8. The van der Waals surface area contributed by atoms with E-state index in [2.05, 4.69) is 5.32 Å². The number of nitrogens with zero attached hydrogens (tertiary/aromatic N) is 2. The molecule has 3 rings (SSSR count). The molecule has 3 aromatic rings. The minimum atomic E-state index is -0.524. The minimum Gasteiger partial charge on any atom is -0.867 e. The Morgan fingerprint density at radius 2 is 1.70 bits per heavy atom.